The summed E-state index contributed by atoms with van der Waals surface area (Å²) >= 11 is 0. The number of para-hydroxylation sites is 1. The summed E-state index contributed by atoms with van der Waals surface area (Å²) in [7, 11) is 0. The Morgan fingerprint density at radius 3 is 2.14 bits per heavy atom. The van der Waals surface area contributed by atoms with Crippen molar-refractivity contribution in [3.63, 3.8) is 0 Å². The summed E-state index contributed by atoms with van der Waals surface area (Å²) in [5.41, 5.74) is 1.58. The highest BCUT2D eigenvalue weighted by molar-refractivity contribution is 5.97. The zero-order valence-electron chi connectivity index (χ0n) is 15.6. The lowest BCUT2D eigenvalue weighted by molar-refractivity contribution is 0.0533. The van der Waals surface area contributed by atoms with E-state index in [9.17, 15) is 14.4 Å². The van der Waals surface area contributed by atoms with Gasteiger partial charge < -0.3 is 14.2 Å². The van der Waals surface area contributed by atoms with Crippen LogP contribution >= 0.6 is 0 Å². The molecule has 0 atom stereocenters. The Morgan fingerprint density at radius 2 is 1.46 bits per heavy atom. The molecule has 6 heteroatoms. The van der Waals surface area contributed by atoms with Crippen LogP contribution in [0.2, 0.25) is 0 Å². The number of benzene rings is 2. The summed E-state index contributed by atoms with van der Waals surface area (Å²) in [6, 6.07) is 16.1. The van der Waals surface area contributed by atoms with Crippen LogP contribution in [0.1, 0.15) is 26.3 Å². The second-order valence-electron chi connectivity index (χ2n) is 6.94. The van der Waals surface area contributed by atoms with E-state index in [2.05, 4.69) is 0 Å². The summed E-state index contributed by atoms with van der Waals surface area (Å²) in [6.45, 7) is 3.59. The first-order chi connectivity index (χ1) is 13.5. The summed E-state index contributed by atoms with van der Waals surface area (Å²) < 4.78 is 5.26. The number of piperazine rings is 1. The third-order valence-electron chi connectivity index (χ3n) is 5.02. The van der Waals surface area contributed by atoms with E-state index in [-0.39, 0.29) is 17.4 Å². The highest BCUT2D eigenvalue weighted by Gasteiger charge is 2.27. The fourth-order valence-electron chi connectivity index (χ4n) is 3.37. The van der Waals surface area contributed by atoms with Crippen LogP contribution < -0.4 is 5.63 Å². The van der Waals surface area contributed by atoms with Crippen LogP contribution in [0.5, 0.6) is 0 Å². The number of hydrogen-bond acceptors (Lipinski definition) is 4. The molecule has 1 aromatic heterocycles. The summed E-state index contributed by atoms with van der Waals surface area (Å²) in [4.78, 5) is 41.0. The monoisotopic (exact) mass is 376 g/mol. The first-order valence-corrected chi connectivity index (χ1v) is 9.21. The molecule has 0 spiro atoms. The van der Waals surface area contributed by atoms with Gasteiger partial charge in [-0.2, -0.15) is 0 Å². The van der Waals surface area contributed by atoms with Gasteiger partial charge >= 0.3 is 5.63 Å². The number of nitrogens with zero attached hydrogens (tertiary/aromatic N) is 2. The minimum atomic E-state index is -0.637. The maximum Gasteiger partial charge on any atom is 0.349 e. The lowest BCUT2D eigenvalue weighted by atomic mass is 10.1. The minimum Gasteiger partial charge on any atom is -0.422 e. The molecule has 0 unspecified atom stereocenters. The van der Waals surface area contributed by atoms with Crippen LogP contribution in [0, 0.1) is 6.92 Å². The second kappa shape index (κ2) is 7.31. The number of aryl methyl sites for hydroxylation is 1. The van der Waals surface area contributed by atoms with Gasteiger partial charge in [-0.1, -0.05) is 35.9 Å². The maximum atomic E-state index is 12.8. The summed E-state index contributed by atoms with van der Waals surface area (Å²) in [5, 5.41) is 0.707. The zero-order chi connectivity index (χ0) is 19.7. The van der Waals surface area contributed by atoms with E-state index in [1.54, 1.807) is 34.1 Å². The quantitative estimate of drug-likeness (QED) is 0.645. The lowest BCUT2D eigenvalue weighted by Crippen LogP contribution is -2.51. The van der Waals surface area contributed by atoms with E-state index in [4.69, 9.17) is 4.42 Å². The Morgan fingerprint density at radius 1 is 0.857 bits per heavy atom. The van der Waals surface area contributed by atoms with Crippen LogP contribution in [0.3, 0.4) is 0 Å². The van der Waals surface area contributed by atoms with Crippen LogP contribution in [0.15, 0.2) is 63.8 Å². The third kappa shape index (κ3) is 3.41. The number of hydrogen-bond donors (Lipinski definition) is 0. The predicted octanol–water partition coefficient (Wildman–Crippen LogP) is 2.70. The second-order valence-corrected chi connectivity index (χ2v) is 6.94. The predicted molar refractivity (Wildman–Crippen MR) is 105 cm³/mol. The van der Waals surface area contributed by atoms with Crippen LogP contribution in [0.4, 0.5) is 0 Å². The van der Waals surface area contributed by atoms with Crippen molar-refractivity contribution in [3.8, 4) is 0 Å². The minimum absolute atomic E-state index is 0.0250. The Kier molecular flexibility index (Phi) is 4.69. The lowest BCUT2D eigenvalue weighted by Gasteiger charge is -2.34. The van der Waals surface area contributed by atoms with Crippen molar-refractivity contribution in [3.05, 3.63) is 81.7 Å². The molecule has 1 aliphatic rings. The van der Waals surface area contributed by atoms with Gasteiger partial charge in [-0.05, 0) is 31.2 Å². The van der Waals surface area contributed by atoms with Crippen molar-refractivity contribution in [2.45, 2.75) is 6.92 Å². The molecular formula is C22H20N2O4. The molecule has 2 amide bonds. The molecular weight excluding hydrogens is 356 g/mol. The largest absolute Gasteiger partial charge is 0.422 e. The van der Waals surface area contributed by atoms with Crippen molar-refractivity contribution in [2.24, 2.45) is 0 Å². The molecule has 28 heavy (non-hydrogen) atoms. The Labute approximate surface area is 162 Å². The molecule has 0 N–H and O–H groups in total. The van der Waals surface area contributed by atoms with Gasteiger partial charge in [0.2, 0.25) is 0 Å². The van der Waals surface area contributed by atoms with E-state index in [1.807, 2.05) is 37.3 Å². The average Bonchev–Trinajstić information content (AvgIpc) is 2.73. The molecule has 2 heterocycles. The van der Waals surface area contributed by atoms with Crippen molar-refractivity contribution in [1.82, 2.24) is 9.80 Å². The number of carbonyl (C=O) groups excluding carboxylic acids is 2. The van der Waals surface area contributed by atoms with Gasteiger partial charge in [0.05, 0.1) is 0 Å². The highest BCUT2D eigenvalue weighted by atomic mass is 16.4. The SMILES string of the molecule is Cc1ccc(C(=O)N2CCN(C(=O)c3cc4ccccc4oc3=O)CC2)cc1. The molecule has 4 rings (SSSR count). The molecule has 3 aromatic rings. The van der Waals surface area contributed by atoms with Crippen molar-refractivity contribution in [1.29, 1.82) is 0 Å². The molecule has 0 aliphatic carbocycles. The smallest absolute Gasteiger partial charge is 0.349 e. The molecule has 0 radical (unpaired) electrons. The normalized spacial score (nSPS) is 14.3. The molecule has 6 nitrogen and oxygen atoms in total. The molecule has 1 saturated heterocycles. The zero-order valence-corrected chi connectivity index (χ0v) is 15.6. The number of amides is 2. The molecule has 0 bridgehead atoms. The van der Waals surface area contributed by atoms with Crippen molar-refractivity contribution >= 4 is 22.8 Å². The van der Waals surface area contributed by atoms with Gasteiger partial charge in [-0.25, -0.2) is 4.79 Å². The molecule has 1 aliphatic heterocycles. The Bertz CT molecular complexity index is 1090. The van der Waals surface area contributed by atoms with Gasteiger partial charge in [-0.3, -0.25) is 9.59 Å². The average molecular weight is 376 g/mol. The van der Waals surface area contributed by atoms with Crippen LogP contribution in [-0.4, -0.2) is 47.8 Å². The number of rotatable bonds is 2. The van der Waals surface area contributed by atoms with Crippen molar-refractivity contribution in [2.75, 3.05) is 26.2 Å². The van der Waals surface area contributed by atoms with E-state index >= 15 is 0 Å². The van der Waals surface area contributed by atoms with E-state index in [0.717, 1.165) is 5.56 Å². The van der Waals surface area contributed by atoms with Crippen molar-refractivity contribution < 1.29 is 14.0 Å². The first-order valence-electron chi connectivity index (χ1n) is 9.21. The number of carbonyl (C=O) groups is 2. The third-order valence-corrected chi connectivity index (χ3v) is 5.02. The Balaban J connectivity index is 1.47. The van der Waals surface area contributed by atoms with E-state index in [0.29, 0.717) is 42.7 Å². The first kappa shape index (κ1) is 18.0. The topological polar surface area (TPSA) is 70.8 Å². The van der Waals surface area contributed by atoms with E-state index < -0.39 is 5.63 Å². The maximum absolute atomic E-state index is 12.8. The molecule has 142 valence electrons. The molecule has 2 aromatic carbocycles. The fourth-order valence-corrected chi connectivity index (χ4v) is 3.37. The van der Waals surface area contributed by atoms with Gasteiger partial charge in [0.25, 0.3) is 11.8 Å². The fraction of sp³-hybridized carbons (Fsp3) is 0.227. The van der Waals surface area contributed by atoms with Gasteiger partial charge in [0, 0.05) is 37.1 Å². The van der Waals surface area contributed by atoms with Gasteiger partial charge in [-0.15, -0.1) is 0 Å². The molecule has 0 saturated carbocycles. The summed E-state index contributed by atoms with van der Waals surface area (Å²) in [5.74, 6) is -0.403. The van der Waals surface area contributed by atoms with Gasteiger partial charge in [0.1, 0.15) is 11.1 Å². The van der Waals surface area contributed by atoms with E-state index in [1.165, 1.54) is 0 Å². The van der Waals surface area contributed by atoms with Crippen LogP contribution in [-0.2, 0) is 0 Å². The molecule has 1 fully saturated rings. The number of fused-ring (bicyclic) bond motifs is 1. The standard InChI is InChI=1S/C22H20N2O4/c1-15-6-8-16(9-7-15)20(25)23-10-12-24(13-11-23)21(26)18-14-17-4-2-3-5-19(17)28-22(18)27/h2-9,14H,10-13H2,1H3. The van der Waals surface area contributed by atoms with Gasteiger partial charge in [0.15, 0.2) is 0 Å². The highest BCUT2D eigenvalue weighted by Crippen LogP contribution is 2.15. The Hall–Kier alpha value is -3.41. The summed E-state index contributed by atoms with van der Waals surface area (Å²) in [6.07, 6.45) is 0. The van der Waals surface area contributed by atoms with Crippen LogP contribution in [0.25, 0.3) is 11.0 Å².